The summed E-state index contributed by atoms with van der Waals surface area (Å²) in [6.07, 6.45) is 7.59. The van der Waals surface area contributed by atoms with Gasteiger partial charge in [-0.05, 0) is 49.0 Å². The van der Waals surface area contributed by atoms with Crippen LogP contribution in [0.25, 0.3) is 0 Å². The predicted octanol–water partition coefficient (Wildman–Crippen LogP) is 1.98. The maximum absolute atomic E-state index is 13.0. The lowest BCUT2D eigenvalue weighted by Crippen LogP contribution is -2.55. The van der Waals surface area contributed by atoms with Gasteiger partial charge in [-0.2, -0.15) is 11.8 Å². The van der Waals surface area contributed by atoms with Crippen molar-refractivity contribution in [3.63, 3.8) is 0 Å². The van der Waals surface area contributed by atoms with Crippen LogP contribution >= 0.6 is 11.8 Å². The molecule has 3 atom stereocenters. The zero-order valence-corrected chi connectivity index (χ0v) is 19.5. The van der Waals surface area contributed by atoms with Gasteiger partial charge in [-0.1, -0.05) is 27.2 Å². The van der Waals surface area contributed by atoms with E-state index in [1.807, 2.05) is 13.2 Å². The van der Waals surface area contributed by atoms with Gasteiger partial charge in [-0.3, -0.25) is 24.2 Å². The lowest BCUT2D eigenvalue weighted by atomic mass is 9.95. The molecule has 0 fully saturated rings. The third-order valence-electron chi connectivity index (χ3n) is 4.82. The van der Waals surface area contributed by atoms with E-state index in [-0.39, 0.29) is 14.6 Å². The molecule has 0 aromatic carbocycles. The van der Waals surface area contributed by atoms with Crippen molar-refractivity contribution in [1.29, 1.82) is 0 Å². The molecule has 1 heterocycles. The molecule has 9 heteroatoms. The highest BCUT2D eigenvalue weighted by molar-refractivity contribution is 7.98. The summed E-state index contributed by atoms with van der Waals surface area (Å²) in [6.45, 7) is 5.50. The van der Waals surface area contributed by atoms with Crippen molar-refractivity contribution in [3.05, 3.63) is 30.1 Å². The van der Waals surface area contributed by atoms with Crippen molar-refractivity contribution in [2.24, 2.45) is 5.92 Å². The Bertz CT molecular complexity index is 726. The second-order valence-electron chi connectivity index (χ2n) is 7.65. The molecular weight excluding hydrogens is 416 g/mol. The Balaban J connectivity index is 0. The van der Waals surface area contributed by atoms with E-state index in [9.17, 15) is 19.2 Å². The largest absolute Gasteiger partial charge is 0.347 e. The topological polar surface area (TPSA) is 117 Å². The molecule has 1 aromatic rings. The van der Waals surface area contributed by atoms with Crippen LogP contribution in [0.4, 0.5) is 0 Å². The van der Waals surface area contributed by atoms with Gasteiger partial charge >= 0.3 is 0 Å². The van der Waals surface area contributed by atoms with Crippen LogP contribution in [0, 0.1) is 5.92 Å². The molecule has 0 bridgehead atoms. The molecule has 0 saturated carbocycles. The van der Waals surface area contributed by atoms with E-state index in [0.717, 1.165) is 5.56 Å². The number of pyridine rings is 1. The highest BCUT2D eigenvalue weighted by atomic mass is 32.2. The zero-order chi connectivity index (χ0) is 23.2. The van der Waals surface area contributed by atoms with E-state index in [1.54, 1.807) is 50.1 Å². The van der Waals surface area contributed by atoms with Gasteiger partial charge in [-0.25, -0.2) is 0 Å². The summed E-state index contributed by atoms with van der Waals surface area (Å²) in [6, 6.07) is 1.41. The number of nitrogens with zero attached hydrogens (tertiary/aromatic N) is 1. The highest BCUT2D eigenvalue weighted by Gasteiger charge is 2.29. The number of hydrogen-bond acceptors (Lipinski definition) is 6. The average Bonchev–Trinajstić information content (AvgIpc) is 2.75. The van der Waals surface area contributed by atoms with E-state index in [4.69, 9.17) is 0 Å². The minimum Gasteiger partial charge on any atom is -0.347 e. The van der Waals surface area contributed by atoms with Gasteiger partial charge in [0.25, 0.3) is 0 Å². The van der Waals surface area contributed by atoms with Crippen LogP contribution in [0.15, 0.2) is 24.5 Å². The third-order valence-corrected chi connectivity index (χ3v) is 5.47. The summed E-state index contributed by atoms with van der Waals surface area (Å²) >= 11 is 1.57. The quantitative estimate of drug-likeness (QED) is 0.349. The monoisotopic (exact) mass is 454 g/mol. The summed E-state index contributed by atoms with van der Waals surface area (Å²) in [5.41, 5.74) is 0.887. The first kappa shape index (κ1) is 26.6. The fourth-order valence-electron chi connectivity index (χ4n) is 3.09. The SMILES string of the molecule is CCCC(NC(=O)C(CCSC)NC=O)C(=O)NC(Cc1ccncc1)C(=O)C(C)C.[HH].[HH]. The lowest BCUT2D eigenvalue weighted by molar-refractivity contribution is -0.133. The molecular formula is C22H38N4O4S. The summed E-state index contributed by atoms with van der Waals surface area (Å²) in [5, 5.41) is 8.09. The minimum absolute atomic E-state index is 0. The first-order valence-corrected chi connectivity index (χ1v) is 11.9. The van der Waals surface area contributed by atoms with Crippen LogP contribution in [0.2, 0.25) is 0 Å². The molecule has 1 aromatic heterocycles. The molecule has 31 heavy (non-hydrogen) atoms. The molecule has 3 unspecified atom stereocenters. The Hall–Kier alpha value is -2.42. The molecule has 0 saturated heterocycles. The molecule has 3 N–H and O–H groups in total. The fraction of sp³-hybridized carbons (Fsp3) is 0.591. The predicted molar refractivity (Wildman–Crippen MR) is 127 cm³/mol. The molecule has 1 rings (SSSR count). The maximum atomic E-state index is 13.0. The molecule has 0 radical (unpaired) electrons. The van der Waals surface area contributed by atoms with Crippen molar-refractivity contribution in [1.82, 2.24) is 20.9 Å². The Morgan fingerprint density at radius 2 is 1.68 bits per heavy atom. The molecule has 0 spiro atoms. The van der Waals surface area contributed by atoms with Crippen molar-refractivity contribution in [2.75, 3.05) is 12.0 Å². The number of carbonyl (C=O) groups is 4. The number of amides is 3. The van der Waals surface area contributed by atoms with Crippen LogP contribution in [-0.2, 0) is 25.6 Å². The molecule has 176 valence electrons. The minimum atomic E-state index is -0.789. The zero-order valence-electron chi connectivity index (χ0n) is 18.7. The summed E-state index contributed by atoms with van der Waals surface area (Å²) in [7, 11) is 0. The highest BCUT2D eigenvalue weighted by Crippen LogP contribution is 2.09. The van der Waals surface area contributed by atoms with E-state index in [1.165, 1.54) is 0 Å². The number of aromatic nitrogens is 1. The Morgan fingerprint density at radius 3 is 2.23 bits per heavy atom. The number of ketones is 1. The summed E-state index contributed by atoms with van der Waals surface area (Å²) < 4.78 is 0. The lowest BCUT2D eigenvalue weighted by Gasteiger charge is -2.25. The van der Waals surface area contributed by atoms with Crippen molar-refractivity contribution < 1.29 is 22.0 Å². The molecule has 0 aliphatic rings. The van der Waals surface area contributed by atoms with Crippen molar-refractivity contribution in [3.8, 4) is 0 Å². The number of Topliss-reactive ketones (excluding diaryl/α,β-unsaturated/α-hetero) is 1. The van der Waals surface area contributed by atoms with Gasteiger partial charge in [-0.15, -0.1) is 0 Å². The molecule has 3 amide bonds. The van der Waals surface area contributed by atoms with Crippen LogP contribution in [-0.4, -0.2) is 59.1 Å². The van der Waals surface area contributed by atoms with Crippen molar-refractivity contribution >= 4 is 35.8 Å². The first-order valence-electron chi connectivity index (χ1n) is 10.6. The van der Waals surface area contributed by atoms with Gasteiger partial charge < -0.3 is 16.0 Å². The number of hydrogen-bond donors (Lipinski definition) is 3. The second kappa shape index (κ2) is 14.6. The number of thioether (sulfide) groups is 1. The summed E-state index contributed by atoms with van der Waals surface area (Å²) in [5.74, 6) is -0.444. The van der Waals surface area contributed by atoms with Crippen molar-refractivity contribution in [2.45, 2.75) is 64.6 Å². The second-order valence-corrected chi connectivity index (χ2v) is 8.63. The Labute approximate surface area is 191 Å². The third kappa shape index (κ3) is 9.50. The van der Waals surface area contributed by atoms with Crippen LogP contribution in [0.1, 0.15) is 48.5 Å². The van der Waals surface area contributed by atoms with Gasteiger partial charge in [0, 0.05) is 21.2 Å². The Morgan fingerprint density at radius 1 is 1.06 bits per heavy atom. The number of carbonyl (C=O) groups excluding carboxylic acids is 4. The average molecular weight is 455 g/mol. The van der Waals surface area contributed by atoms with E-state index < -0.39 is 29.9 Å². The smallest absolute Gasteiger partial charge is 0.243 e. The van der Waals surface area contributed by atoms with Crippen LogP contribution < -0.4 is 16.0 Å². The van der Waals surface area contributed by atoms with Gasteiger partial charge in [0.1, 0.15) is 12.1 Å². The summed E-state index contributed by atoms with van der Waals surface area (Å²) in [4.78, 5) is 53.2. The Kier molecular flexibility index (Phi) is 12.5. The number of nitrogens with one attached hydrogen (secondary N) is 3. The van der Waals surface area contributed by atoms with Gasteiger partial charge in [0.2, 0.25) is 18.2 Å². The van der Waals surface area contributed by atoms with Gasteiger partial charge in [0.15, 0.2) is 5.78 Å². The van der Waals surface area contributed by atoms with Gasteiger partial charge in [0.05, 0.1) is 6.04 Å². The molecule has 0 aliphatic heterocycles. The molecule has 8 nitrogen and oxygen atoms in total. The standard InChI is InChI=1S/C22H34N4O4S.2H2/c1-5-6-18(25-21(29)17(24-14-27)9-12-31-4)22(30)26-19(20(28)15(2)3)13-16-7-10-23-11-8-16;;/h7-8,10-11,14-15,17-19H,5-6,9,12-13H2,1-4H3,(H,24,27)(H,25,29)(H,26,30);2*1H. The van der Waals surface area contributed by atoms with E-state index in [0.29, 0.717) is 37.8 Å². The first-order chi connectivity index (χ1) is 14.8. The maximum Gasteiger partial charge on any atom is 0.243 e. The van der Waals surface area contributed by atoms with E-state index in [2.05, 4.69) is 20.9 Å². The fourth-order valence-corrected chi connectivity index (χ4v) is 3.56. The normalized spacial score (nSPS) is 13.7. The number of rotatable bonds is 15. The van der Waals surface area contributed by atoms with E-state index >= 15 is 0 Å². The van der Waals surface area contributed by atoms with Crippen LogP contribution in [0.5, 0.6) is 0 Å². The molecule has 0 aliphatic carbocycles. The van der Waals surface area contributed by atoms with Crippen LogP contribution in [0.3, 0.4) is 0 Å².